The average Bonchev–Trinajstić information content (AvgIpc) is 2.13. The highest BCUT2D eigenvalue weighted by Crippen LogP contribution is 1.99. The van der Waals surface area contributed by atoms with E-state index in [4.69, 9.17) is 5.11 Å². The maximum Gasteiger partial charge on any atom is 0.239 e. The molecule has 0 aromatic carbocycles. The molecule has 0 aliphatic rings. The van der Waals surface area contributed by atoms with Crippen LogP contribution in [-0.4, -0.2) is 36.1 Å². The van der Waals surface area contributed by atoms with Crippen molar-refractivity contribution in [3.05, 3.63) is 0 Å². The van der Waals surface area contributed by atoms with Crippen LogP contribution in [0.5, 0.6) is 0 Å². The Labute approximate surface area is 83.9 Å². The SMILES string of the molecule is CC(=O)NCC(=O)NC(C)C(C)CO. The molecule has 0 spiro atoms. The topological polar surface area (TPSA) is 78.4 Å². The molecule has 0 fully saturated rings. The fourth-order valence-corrected chi connectivity index (χ4v) is 0.810. The zero-order valence-electron chi connectivity index (χ0n) is 8.83. The molecular weight excluding hydrogens is 184 g/mol. The number of rotatable bonds is 5. The summed E-state index contributed by atoms with van der Waals surface area (Å²) in [5.41, 5.74) is 0. The van der Waals surface area contributed by atoms with Gasteiger partial charge in [0.25, 0.3) is 0 Å². The van der Waals surface area contributed by atoms with E-state index in [1.807, 2.05) is 13.8 Å². The van der Waals surface area contributed by atoms with Crippen molar-refractivity contribution in [2.24, 2.45) is 5.92 Å². The number of carbonyl (C=O) groups is 2. The average molecular weight is 202 g/mol. The lowest BCUT2D eigenvalue weighted by Crippen LogP contribution is -2.43. The Bertz CT molecular complexity index is 206. The van der Waals surface area contributed by atoms with Crippen molar-refractivity contribution >= 4 is 11.8 Å². The number of nitrogens with one attached hydrogen (secondary N) is 2. The Morgan fingerprint density at radius 3 is 2.36 bits per heavy atom. The van der Waals surface area contributed by atoms with Crippen molar-refractivity contribution in [1.29, 1.82) is 0 Å². The van der Waals surface area contributed by atoms with Crippen molar-refractivity contribution in [3.8, 4) is 0 Å². The van der Waals surface area contributed by atoms with E-state index in [1.54, 1.807) is 0 Å². The smallest absolute Gasteiger partial charge is 0.239 e. The molecule has 0 aromatic rings. The Kier molecular flexibility index (Phi) is 5.87. The quantitative estimate of drug-likeness (QED) is 0.549. The highest BCUT2D eigenvalue weighted by Gasteiger charge is 2.13. The number of aliphatic hydroxyl groups is 1. The molecule has 0 rings (SSSR count). The van der Waals surface area contributed by atoms with Crippen LogP contribution in [0.4, 0.5) is 0 Å². The van der Waals surface area contributed by atoms with E-state index < -0.39 is 0 Å². The van der Waals surface area contributed by atoms with Gasteiger partial charge in [-0.2, -0.15) is 0 Å². The van der Waals surface area contributed by atoms with E-state index in [0.717, 1.165) is 0 Å². The van der Waals surface area contributed by atoms with Gasteiger partial charge in [-0.05, 0) is 12.8 Å². The number of hydrogen-bond donors (Lipinski definition) is 3. The summed E-state index contributed by atoms with van der Waals surface area (Å²) in [5, 5.41) is 13.9. The van der Waals surface area contributed by atoms with Crippen molar-refractivity contribution in [1.82, 2.24) is 10.6 Å². The van der Waals surface area contributed by atoms with Crippen molar-refractivity contribution in [2.75, 3.05) is 13.2 Å². The number of carbonyl (C=O) groups excluding carboxylic acids is 2. The Balaban J connectivity index is 3.76. The summed E-state index contributed by atoms with van der Waals surface area (Å²) in [6.07, 6.45) is 0. The largest absolute Gasteiger partial charge is 0.396 e. The molecule has 2 atom stereocenters. The molecule has 0 heterocycles. The second-order valence-electron chi connectivity index (χ2n) is 3.43. The van der Waals surface area contributed by atoms with Gasteiger partial charge in [0.1, 0.15) is 0 Å². The van der Waals surface area contributed by atoms with Crippen molar-refractivity contribution < 1.29 is 14.7 Å². The number of hydrogen-bond acceptors (Lipinski definition) is 3. The van der Waals surface area contributed by atoms with Crippen LogP contribution in [0, 0.1) is 5.92 Å². The summed E-state index contributed by atoms with van der Waals surface area (Å²) in [6, 6.07) is -0.0961. The first-order valence-corrected chi connectivity index (χ1v) is 4.62. The van der Waals surface area contributed by atoms with Gasteiger partial charge in [-0.3, -0.25) is 9.59 Å². The molecule has 2 amide bonds. The molecule has 0 aliphatic heterocycles. The fraction of sp³-hybridized carbons (Fsp3) is 0.778. The van der Waals surface area contributed by atoms with Crippen LogP contribution in [0.2, 0.25) is 0 Å². The van der Waals surface area contributed by atoms with E-state index in [-0.39, 0.29) is 36.9 Å². The minimum atomic E-state index is -0.243. The van der Waals surface area contributed by atoms with Gasteiger partial charge >= 0.3 is 0 Å². The van der Waals surface area contributed by atoms with Crippen molar-refractivity contribution in [2.45, 2.75) is 26.8 Å². The maximum atomic E-state index is 11.2. The number of amides is 2. The van der Waals surface area contributed by atoms with Gasteiger partial charge in [-0.25, -0.2) is 0 Å². The minimum Gasteiger partial charge on any atom is -0.396 e. The Morgan fingerprint density at radius 2 is 1.93 bits per heavy atom. The van der Waals surface area contributed by atoms with Crippen LogP contribution in [0.3, 0.4) is 0 Å². The van der Waals surface area contributed by atoms with Crippen LogP contribution in [0.15, 0.2) is 0 Å². The molecule has 14 heavy (non-hydrogen) atoms. The second kappa shape index (κ2) is 6.37. The van der Waals surface area contributed by atoms with Gasteiger partial charge < -0.3 is 15.7 Å². The second-order valence-corrected chi connectivity index (χ2v) is 3.43. The van der Waals surface area contributed by atoms with Crippen LogP contribution in [0.1, 0.15) is 20.8 Å². The van der Waals surface area contributed by atoms with Crippen LogP contribution in [0.25, 0.3) is 0 Å². The third kappa shape index (κ3) is 5.53. The number of aliphatic hydroxyl groups excluding tert-OH is 1. The summed E-state index contributed by atoms with van der Waals surface area (Å²) in [6.45, 7) is 5.02. The van der Waals surface area contributed by atoms with Gasteiger partial charge in [-0.1, -0.05) is 6.92 Å². The third-order valence-electron chi connectivity index (χ3n) is 2.03. The van der Waals surface area contributed by atoms with Gasteiger partial charge in [0.15, 0.2) is 0 Å². The van der Waals surface area contributed by atoms with E-state index in [2.05, 4.69) is 10.6 Å². The molecule has 82 valence electrons. The first-order chi connectivity index (χ1) is 6.47. The van der Waals surface area contributed by atoms with Crippen LogP contribution >= 0.6 is 0 Å². The summed E-state index contributed by atoms with van der Waals surface area (Å²) in [7, 11) is 0. The standard InChI is InChI=1S/C9H18N2O3/c1-6(5-12)7(2)11-9(14)4-10-8(3)13/h6-7,12H,4-5H2,1-3H3,(H,10,13)(H,11,14). The molecule has 5 nitrogen and oxygen atoms in total. The molecule has 0 radical (unpaired) electrons. The molecular formula is C9H18N2O3. The summed E-state index contributed by atoms with van der Waals surface area (Å²) < 4.78 is 0. The van der Waals surface area contributed by atoms with E-state index in [0.29, 0.717) is 0 Å². The predicted octanol–water partition coefficient (Wildman–Crippen LogP) is -0.744. The lowest BCUT2D eigenvalue weighted by molar-refractivity contribution is -0.125. The van der Waals surface area contributed by atoms with Crippen molar-refractivity contribution in [3.63, 3.8) is 0 Å². The zero-order valence-corrected chi connectivity index (χ0v) is 8.83. The normalized spacial score (nSPS) is 14.3. The highest BCUT2D eigenvalue weighted by atomic mass is 16.3. The molecule has 0 bridgehead atoms. The maximum absolute atomic E-state index is 11.2. The predicted molar refractivity (Wildman–Crippen MR) is 52.5 cm³/mol. The summed E-state index contributed by atoms with van der Waals surface area (Å²) >= 11 is 0. The molecule has 0 saturated heterocycles. The first kappa shape index (κ1) is 12.9. The monoisotopic (exact) mass is 202 g/mol. The fourth-order valence-electron chi connectivity index (χ4n) is 0.810. The van der Waals surface area contributed by atoms with Gasteiger partial charge in [-0.15, -0.1) is 0 Å². The highest BCUT2D eigenvalue weighted by molar-refractivity contribution is 5.83. The minimum absolute atomic E-state index is 0.0104. The third-order valence-corrected chi connectivity index (χ3v) is 2.03. The van der Waals surface area contributed by atoms with Gasteiger partial charge in [0, 0.05) is 19.6 Å². The molecule has 2 unspecified atom stereocenters. The van der Waals surface area contributed by atoms with E-state index in [9.17, 15) is 9.59 Å². The first-order valence-electron chi connectivity index (χ1n) is 4.62. The van der Waals surface area contributed by atoms with E-state index in [1.165, 1.54) is 6.92 Å². The molecule has 0 aliphatic carbocycles. The van der Waals surface area contributed by atoms with Crippen LogP contribution in [-0.2, 0) is 9.59 Å². The zero-order chi connectivity index (χ0) is 11.1. The summed E-state index contributed by atoms with van der Waals surface area (Å²) in [5.74, 6) is -0.465. The molecule has 0 aromatic heterocycles. The molecule has 3 N–H and O–H groups in total. The Morgan fingerprint density at radius 1 is 1.36 bits per heavy atom. The summed E-state index contributed by atoms with van der Waals surface area (Å²) in [4.78, 5) is 21.7. The van der Waals surface area contributed by atoms with Gasteiger partial charge in [0.2, 0.25) is 11.8 Å². The molecule has 5 heteroatoms. The molecule has 0 saturated carbocycles. The van der Waals surface area contributed by atoms with Gasteiger partial charge in [0.05, 0.1) is 6.54 Å². The van der Waals surface area contributed by atoms with Crippen LogP contribution < -0.4 is 10.6 Å². The van der Waals surface area contributed by atoms with E-state index >= 15 is 0 Å². The lowest BCUT2D eigenvalue weighted by Gasteiger charge is -2.19. The lowest BCUT2D eigenvalue weighted by atomic mass is 10.1. The Hall–Kier alpha value is -1.10.